The molecule has 1 aliphatic rings. The molecule has 0 atom stereocenters. The Morgan fingerprint density at radius 1 is 1.00 bits per heavy atom. The van der Waals surface area contributed by atoms with E-state index in [9.17, 15) is 21.6 Å². The predicted octanol–water partition coefficient (Wildman–Crippen LogP) is 1.54. The fourth-order valence-corrected chi connectivity index (χ4v) is 4.98. The van der Waals surface area contributed by atoms with Crippen molar-refractivity contribution >= 4 is 31.6 Å². The van der Waals surface area contributed by atoms with Crippen molar-refractivity contribution in [3.63, 3.8) is 0 Å². The molecule has 0 unspecified atom stereocenters. The Hall–Kier alpha value is -1.65. The second kappa shape index (κ2) is 9.23. The molecule has 1 N–H and O–H groups in total. The molecule has 1 aliphatic carbocycles. The normalized spacial score (nSPS) is 16.6. The highest BCUT2D eigenvalue weighted by atomic mass is 32.2. The number of sulfonamides is 2. The number of amides is 1. The molecule has 1 aromatic carbocycles. The number of benzene rings is 1. The number of carbonyl (C=O) groups excluding carboxylic acids is 1. The van der Waals surface area contributed by atoms with Gasteiger partial charge in [0.05, 0.1) is 16.8 Å². The highest BCUT2D eigenvalue weighted by molar-refractivity contribution is 7.92. The fourth-order valence-electron chi connectivity index (χ4n) is 3.22. The molecular formula is C18H29N3O5S2. The number of carbonyl (C=O) groups is 1. The lowest BCUT2D eigenvalue weighted by molar-refractivity contribution is -0.120. The van der Waals surface area contributed by atoms with Gasteiger partial charge in [-0.3, -0.25) is 9.10 Å². The van der Waals surface area contributed by atoms with E-state index in [1.165, 1.54) is 38.4 Å². The van der Waals surface area contributed by atoms with E-state index in [0.29, 0.717) is 0 Å². The zero-order chi connectivity index (χ0) is 20.9. The third-order valence-corrected chi connectivity index (χ3v) is 7.78. The van der Waals surface area contributed by atoms with Gasteiger partial charge in [0.1, 0.15) is 6.54 Å². The average Bonchev–Trinajstić information content (AvgIpc) is 2.87. The van der Waals surface area contributed by atoms with Crippen molar-refractivity contribution in [3.8, 4) is 0 Å². The molecule has 8 nitrogen and oxygen atoms in total. The van der Waals surface area contributed by atoms with Crippen LogP contribution < -0.4 is 9.62 Å². The summed E-state index contributed by atoms with van der Waals surface area (Å²) in [6.07, 6.45) is 7.26. The molecule has 1 amide bonds. The summed E-state index contributed by atoms with van der Waals surface area (Å²) in [5.74, 6) is -0.359. The summed E-state index contributed by atoms with van der Waals surface area (Å²) in [7, 11) is -4.49. The Morgan fingerprint density at radius 3 is 2.00 bits per heavy atom. The van der Waals surface area contributed by atoms with Crippen LogP contribution in [-0.2, 0) is 24.8 Å². The van der Waals surface area contributed by atoms with Gasteiger partial charge in [-0.1, -0.05) is 25.7 Å². The number of hydrogen-bond donors (Lipinski definition) is 1. The van der Waals surface area contributed by atoms with Gasteiger partial charge in [0.25, 0.3) is 0 Å². The van der Waals surface area contributed by atoms with Crippen molar-refractivity contribution < 1.29 is 21.6 Å². The fraction of sp³-hybridized carbons (Fsp3) is 0.611. The second-order valence-corrected chi connectivity index (χ2v) is 11.4. The lowest BCUT2D eigenvalue weighted by Crippen LogP contribution is -2.44. The van der Waals surface area contributed by atoms with Crippen molar-refractivity contribution in [1.82, 2.24) is 9.62 Å². The van der Waals surface area contributed by atoms with Crippen molar-refractivity contribution in [3.05, 3.63) is 24.3 Å². The molecule has 2 rings (SSSR count). The molecule has 0 bridgehead atoms. The van der Waals surface area contributed by atoms with Crippen LogP contribution in [0.3, 0.4) is 0 Å². The monoisotopic (exact) mass is 431 g/mol. The highest BCUT2D eigenvalue weighted by Gasteiger charge is 2.24. The van der Waals surface area contributed by atoms with Crippen LogP contribution >= 0.6 is 0 Å². The first kappa shape index (κ1) is 22.6. The first-order valence-electron chi connectivity index (χ1n) is 9.31. The molecule has 10 heteroatoms. The van der Waals surface area contributed by atoms with E-state index in [0.717, 1.165) is 53.4 Å². The molecule has 1 saturated carbocycles. The summed E-state index contributed by atoms with van der Waals surface area (Å²) in [6, 6.07) is 5.55. The summed E-state index contributed by atoms with van der Waals surface area (Å²) in [5.41, 5.74) is 0.247. The maximum Gasteiger partial charge on any atom is 0.242 e. The Balaban J connectivity index is 2.16. The number of nitrogens with zero attached hydrogens (tertiary/aromatic N) is 2. The summed E-state index contributed by atoms with van der Waals surface area (Å²) in [4.78, 5) is 12.5. The van der Waals surface area contributed by atoms with Gasteiger partial charge in [0.15, 0.2) is 0 Å². The van der Waals surface area contributed by atoms with Crippen LogP contribution in [0.15, 0.2) is 29.2 Å². The van der Waals surface area contributed by atoms with E-state index in [1.54, 1.807) is 0 Å². The molecule has 0 saturated heterocycles. The number of rotatable bonds is 7. The van der Waals surface area contributed by atoms with Crippen LogP contribution in [0.25, 0.3) is 0 Å². The molecule has 0 radical (unpaired) electrons. The Kier molecular flexibility index (Phi) is 7.46. The minimum Gasteiger partial charge on any atom is -0.352 e. The lowest BCUT2D eigenvalue weighted by Gasteiger charge is -2.24. The summed E-state index contributed by atoms with van der Waals surface area (Å²) < 4.78 is 50.9. The van der Waals surface area contributed by atoms with E-state index >= 15 is 0 Å². The van der Waals surface area contributed by atoms with Gasteiger partial charge in [0.2, 0.25) is 26.0 Å². The molecule has 0 spiro atoms. The zero-order valence-electron chi connectivity index (χ0n) is 16.6. The zero-order valence-corrected chi connectivity index (χ0v) is 18.2. The third-order valence-electron chi connectivity index (χ3n) is 4.81. The quantitative estimate of drug-likeness (QED) is 0.660. The van der Waals surface area contributed by atoms with E-state index in [-0.39, 0.29) is 29.1 Å². The Labute approximate surface area is 168 Å². The number of anilines is 1. The summed E-state index contributed by atoms with van der Waals surface area (Å²) in [5, 5.41) is 2.93. The summed E-state index contributed by atoms with van der Waals surface area (Å²) in [6.45, 7) is -0.338. The first-order chi connectivity index (χ1) is 13.0. The van der Waals surface area contributed by atoms with Crippen molar-refractivity contribution in [2.24, 2.45) is 0 Å². The van der Waals surface area contributed by atoms with Crippen LogP contribution in [0.5, 0.6) is 0 Å². The third kappa shape index (κ3) is 5.92. The van der Waals surface area contributed by atoms with Gasteiger partial charge in [-0.05, 0) is 37.1 Å². The number of hydrogen-bond acceptors (Lipinski definition) is 5. The Bertz CT molecular complexity index is 872. The lowest BCUT2D eigenvalue weighted by atomic mass is 10.1. The maximum absolute atomic E-state index is 12.4. The first-order valence-corrected chi connectivity index (χ1v) is 12.6. The average molecular weight is 432 g/mol. The molecule has 0 aliphatic heterocycles. The van der Waals surface area contributed by atoms with E-state index in [1.807, 2.05) is 0 Å². The standard InChI is InChI=1S/C18H29N3O5S2/c1-20(2)28(25,26)17-12-10-16(11-13-17)21(27(3,23)24)14-18(22)19-15-8-6-4-5-7-9-15/h10-13,15H,4-9,14H2,1-3H3,(H,19,22). The molecule has 1 aromatic rings. The van der Waals surface area contributed by atoms with Gasteiger partial charge in [0, 0.05) is 20.1 Å². The van der Waals surface area contributed by atoms with Gasteiger partial charge >= 0.3 is 0 Å². The van der Waals surface area contributed by atoms with Crippen LogP contribution in [0.2, 0.25) is 0 Å². The molecule has 158 valence electrons. The Morgan fingerprint density at radius 2 is 1.54 bits per heavy atom. The number of nitrogens with one attached hydrogen (secondary N) is 1. The molecular weight excluding hydrogens is 402 g/mol. The van der Waals surface area contributed by atoms with Crippen LogP contribution in [0, 0.1) is 0 Å². The minimum atomic E-state index is -3.71. The van der Waals surface area contributed by atoms with E-state index in [4.69, 9.17) is 0 Å². The largest absolute Gasteiger partial charge is 0.352 e. The van der Waals surface area contributed by atoms with Crippen LogP contribution in [0.1, 0.15) is 38.5 Å². The highest BCUT2D eigenvalue weighted by Crippen LogP contribution is 2.22. The van der Waals surface area contributed by atoms with Gasteiger partial charge in [-0.25, -0.2) is 21.1 Å². The molecule has 0 aromatic heterocycles. The molecule has 0 heterocycles. The van der Waals surface area contributed by atoms with Crippen molar-refractivity contribution in [1.29, 1.82) is 0 Å². The van der Waals surface area contributed by atoms with Crippen molar-refractivity contribution in [2.45, 2.75) is 49.5 Å². The van der Waals surface area contributed by atoms with Gasteiger partial charge in [-0.2, -0.15) is 0 Å². The molecule has 28 heavy (non-hydrogen) atoms. The minimum absolute atomic E-state index is 0.0533. The van der Waals surface area contributed by atoms with Crippen LogP contribution in [0.4, 0.5) is 5.69 Å². The molecule has 1 fully saturated rings. The topological polar surface area (TPSA) is 104 Å². The van der Waals surface area contributed by atoms with Crippen LogP contribution in [-0.4, -0.2) is 60.0 Å². The predicted molar refractivity (Wildman–Crippen MR) is 109 cm³/mol. The smallest absolute Gasteiger partial charge is 0.242 e. The maximum atomic E-state index is 12.4. The van der Waals surface area contributed by atoms with Crippen molar-refractivity contribution in [2.75, 3.05) is 31.2 Å². The van der Waals surface area contributed by atoms with Gasteiger partial charge < -0.3 is 5.32 Å². The summed E-state index contributed by atoms with van der Waals surface area (Å²) >= 11 is 0. The van der Waals surface area contributed by atoms with E-state index in [2.05, 4.69) is 5.32 Å². The van der Waals surface area contributed by atoms with E-state index < -0.39 is 20.0 Å². The SMILES string of the molecule is CN(C)S(=O)(=O)c1ccc(N(CC(=O)NC2CCCCCC2)S(C)(=O)=O)cc1. The second-order valence-electron chi connectivity index (χ2n) is 7.31. The van der Waals surface area contributed by atoms with Gasteiger partial charge in [-0.15, -0.1) is 0 Å².